The predicted octanol–water partition coefficient (Wildman–Crippen LogP) is 2.20. The molecule has 0 aromatic heterocycles. The van der Waals surface area contributed by atoms with Gasteiger partial charge in [0.1, 0.15) is 0 Å². The molecule has 4 atom stereocenters. The number of nitrogens with one attached hydrogen (secondary N) is 1. The monoisotopic (exact) mass is 284 g/mol. The Morgan fingerprint density at radius 3 is 2.70 bits per heavy atom. The van der Waals surface area contributed by atoms with Crippen molar-refractivity contribution in [1.82, 2.24) is 5.32 Å². The number of rotatable bonds is 7. The number of carbonyl (C=O) groups is 1. The summed E-state index contributed by atoms with van der Waals surface area (Å²) < 4.78 is 0. The predicted molar refractivity (Wildman–Crippen MR) is 82.3 cm³/mol. The molecular weight excluding hydrogens is 252 g/mol. The Kier molecular flexibility index (Phi) is 6.96. The van der Waals surface area contributed by atoms with E-state index in [1.807, 2.05) is 13.8 Å². The van der Waals surface area contributed by atoms with E-state index >= 15 is 0 Å². The highest BCUT2D eigenvalue weighted by molar-refractivity contribution is 5.79. The van der Waals surface area contributed by atoms with Crippen molar-refractivity contribution in [3.8, 4) is 0 Å². The Morgan fingerprint density at radius 1 is 1.45 bits per heavy atom. The number of hydrogen-bond acceptors (Lipinski definition) is 3. The summed E-state index contributed by atoms with van der Waals surface area (Å²) in [5.41, 5.74) is 5.34. The van der Waals surface area contributed by atoms with E-state index in [0.29, 0.717) is 5.92 Å². The van der Waals surface area contributed by atoms with E-state index in [1.54, 1.807) is 0 Å². The topological polar surface area (TPSA) is 75.4 Å². The van der Waals surface area contributed by atoms with Crippen LogP contribution in [0, 0.1) is 11.8 Å². The molecule has 1 saturated carbocycles. The minimum absolute atomic E-state index is 0.00518. The lowest BCUT2D eigenvalue weighted by molar-refractivity contribution is -0.128. The number of carbonyl (C=O) groups excluding carboxylic acids is 1. The average Bonchev–Trinajstić information content (AvgIpc) is 2.38. The molecule has 1 aliphatic carbocycles. The minimum Gasteiger partial charge on any atom is -0.394 e. The lowest BCUT2D eigenvalue weighted by Gasteiger charge is -2.40. The van der Waals surface area contributed by atoms with E-state index in [4.69, 9.17) is 5.73 Å². The molecular formula is C16H32N2O2. The molecule has 0 saturated heterocycles. The number of hydrogen-bond donors (Lipinski definition) is 3. The quantitative estimate of drug-likeness (QED) is 0.671. The van der Waals surface area contributed by atoms with Gasteiger partial charge in [-0.1, -0.05) is 33.1 Å². The lowest BCUT2D eigenvalue weighted by atomic mass is 9.76. The Hall–Kier alpha value is -0.610. The van der Waals surface area contributed by atoms with Crippen LogP contribution >= 0.6 is 0 Å². The molecule has 0 aromatic carbocycles. The number of amides is 1. The molecule has 0 aromatic rings. The van der Waals surface area contributed by atoms with Crippen molar-refractivity contribution >= 4 is 5.91 Å². The van der Waals surface area contributed by atoms with Gasteiger partial charge >= 0.3 is 0 Å². The van der Waals surface area contributed by atoms with Gasteiger partial charge in [-0.25, -0.2) is 0 Å². The van der Waals surface area contributed by atoms with Crippen LogP contribution in [0.2, 0.25) is 0 Å². The van der Waals surface area contributed by atoms with Gasteiger partial charge in [-0.2, -0.15) is 0 Å². The van der Waals surface area contributed by atoms with Crippen molar-refractivity contribution in [2.75, 3.05) is 6.61 Å². The SMILES string of the molecule is CC(N)CCCC(C)C(=O)NC1(CO)CCCC(C)C1. The number of aliphatic hydroxyl groups excluding tert-OH is 1. The van der Waals surface area contributed by atoms with Gasteiger partial charge in [0, 0.05) is 12.0 Å². The lowest BCUT2D eigenvalue weighted by Crippen LogP contribution is -2.55. The van der Waals surface area contributed by atoms with Crippen LogP contribution in [0.4, 0.5) is 0 Å². The molecule has 1 aliphatic rings. The molecule has 4 nitrogen and oxygen atoms in total. The number of aliphatic hydroxyl groups is 1. The van der Waals surface area contributed by atoms with Crippen molar-refractivity contribution in [3.63, 3.8) is 0 Å². The molecule has 20 heavy (non-hydrogen) atoms. The zero-order chi connectivity index (χ0) is 15.2. The van der Waals surface area contributed by atoms with Crippen LogP contribution in [0.15, 0.2) is 0 Å². The molecule has 1 rings (SSSR count). The van der Waals surface area contributed by atoms with Gasteiger partial charge in [-0.3, -0.25) is 4.79 Å². The van der Waals surface area contributed by atoms with Crippen LogP contribution < -0.4 is 11.1 Å². The first kappa shape index (κ1) is 17.4. The first-order chi connectivity index (χ1) is 9.38. The second kappa shape index (κ2) is 7.99. The van der Waals surface area contributed by atoms with Crippen LogP contribution in [0.25, 0.3) is 0 Å². The summed E-state index contributed by atoms with van der Waals surface area (Å²) in [7, 11) is 0. The van der Waals surface area contributed by atoms with Crippen molar-refractivity contribution in [2.45, 2.75) is 77.3 Å². The fraction of sp³-hybridized carbons (Fsp3) is 0.938. The third kappa shape index (κ3) is 5.41. The molecule has 0 radical (unpaired) electrons. The van der Waals surface area contributed by atoms with Crippen molar-refractivity contribution < 1.29 is 9.90 Å². The van der Waals surface area contributed by atoms with Crippen LogP contribution in [0.5, 0.6) is 0 Å². The number of nitrogens with two attached hydrogens (primary N) is 1. The van der Waals surface area contributed by atoms with E-state index in [1.165, 1.54) is 6.42 Å². The normalized spacial score (nSPS) is 29.8. The summed E-state index contributed by atoms with van der Waals surface area (Å²) in [6.07, 6.45) is 6.87. The highest BCUT2D eigenvalue weighted by atomic mass is 16.3. The highest BCUT2D eigenvalue weighted by Crippen LogP contribution is 2.32. The fourth-order valence-corrected chi connectivity index (χ4v) is 3.22. The van der Waals surface area contributed by atoms with Crippen molar-refractivity contribution in [1.29, 1.82) is 0 Å². The van der Waals surface area contributed by atoms with Crippen LogP contribution in [0.3, 0.4) is 0 Å². The van der Waals surface area contributed by atoms with Gasteiger partial charge in [0.2, 0.25) is 5.91 Å². The zero-order valence-corrected chi connectivity index (χ0v) is 13.3. The third-order valence-corrected chi connectivity index (χ3v) is 4.53. The zero-order valence-electron chi connectivity index (χ0n) is 13.3. The molecule has 0 heterocycles. The summed E-state index contributed by atoms with van der Waals surface area (Å²) >= 11 is 0. The van der Waals surface area contributed by atoms with Gasteiger partial charge in [0.25, 0.3) is 0 Å². The van der Waals surface area contributed by atoms with E-state index in [0.717, 1.165) is 38.5 Å². The van der Waals surface area contributed by atoms with Crippen LogP contribution in [0.1, 0.15) is 65.7 Å². The Bertz CT molecular complexity index is 307. The summed E-state index contributed by atoms with van der Waals surface area (Å²) in [6, 6.07) is 0.202. The van der Waals surface area contributed by atoms with E-state index < -0.39 is 0 Å². The van der Waals surface area contributed by atoms with Gasteiger partial charge in [-0.05, 0) is 38.5 Å². The van der Waals surface area contributed by atoms with Gasteiger partial charge in [-0.15, -0.1) is 0 Å². The summed E-state index contributed by atoms with van der Waals surface area (Å²) in [5, 5.41) is 12.8. The summed E-state index contributed by atoms with van der Waals surface area (Å²) in [5.74, 6) is 0.650. The van der Waals surface area contributed by atoms with Gasteiger partial charge in [0.15, 0.2) is 0 Å². The molecule has 4 N–H and O–H groups in total. The maximum absolute atomic E-state index is 12.3. The third-order valence-electron chi connectivity index (χ3n) is 4.53. The summed E-state index contributed by atoms with van der Waals surface area (Å²) in [4.78, 5) is 12.3. The Labute approximate surface area is 123 Å². The molecule has 4 unspecified atom stereocenters. The summed E-state index contributed by atoms with van der Waals surface area (Å²) in [6.45, 7) is 6.21. The standard InChI is InChI=1S/C16H32N2O2/c1-12-6-5-9-16(10-12,11-19)18-15(20)13(2)7-4-8-14(3)17/h12-14,19H,4-11,17H2,1-3H3,(H,18,20). The highest BCUT2D eigenvalue weighted by Gasteiger charge is 2.36. The molecule has 4 heteroatoms. The van der Waals surface area contributed by atoms with E-state index in [2.05, 4.69) is 12.2 Å². The Balaban J connectivity index is 2.45. The van der Waals surface area contributed by atoms with Crippen molar-refractivity contribution in [2.24, 2.45) is 17.6 Å². The molecule has 0 bridgehead atoms. The maximum atomic E-state index is 12.3. The first-order valence-corrected chi connectivity index (χ1v) is 8.07. The largest absolute Gasteiger partial charge is 0.394 e. The van der Waals surface area contributed by atoms with E-state index in [9.17, 15) is 9.90 Å². The average molecular weight is 284 g/mol. The Morgan fingerprint density at radius 2 is 2.15 bits per heavy atom. The molecule has 1 amide bonds. The fourth-order valence-electron chi connectivity index (χ4n) is 3.22. The van der Waals surface area contributed by atoms with Gasteiger partial charge < -0.3 is 16.2 Å². The van der Waals surface area contributed by atoms with Crippen LogP contribution in [-0.2, 0) is 4.79 Å². The second-order valence-electron chi connectivity index (χ2n) is 6.94. The maximum Gasteiger partial charge on any atom is 0.223 e. The molecule has 1 fully saturated rings. The van der Waals surface area contributed by atoms with Crippen molar-refractivity contribution in [3.05, 3.63) is 0 Å². The van der Waals surface area contributed by atoms with Gasteiger partial charge in [0.05, 0.1) is 12.1 Å². The molecule has 0 spiro atoms. The van der Waals surface area contributed by atoms with Crippen LogP contribution in [-0.4, -0.2) is 29.2 Å². The smallest absolute Gasteiger partial charge is 0.223 e. The molecule has 118 valence electrons. The molecule has 0 aliphatic heterocycles. The van der Waals surface area contributed by atoms with E-state index in [-0.39, 0.29) is 30.0 Å². The first-order valence-electron chi connectivity index (χ1n) is 8.07. The minimum atomic E-state index is -0.385. The second-order valence-corrected chi connectivity index (χ2v) is 6.94.